The largest absolute Gasteiger partial charge is 0.356 e. The van der Waals surface area contributed by atoms with Gasteiger partial charge < -0.3 is 10.2 Å². The molecule has 116 valence electrons. The van der Waals surface area contributed by atoms with Crippen LogP contribution in [0.4, 0.5) is 0 Å². The molecule has 1 aliphatic heterocycles. The smallest absolute Gasteiger partial charge is 0.193 e. The van der Waals surface area contributed by atoms with Gasteiger partial charge in [-0.3, -0.25) is 9.67 Å². The molecule has 0 amide bonds. The van der Waals surface area contributed by atoms with E-state index in [0.29, 0.717) is 5.92 Å². The molecule has 5 heteroatoms. The van der Waals surface area contributed by atoms with E-state index < -0.39 is 0 Å². The number of hydrogen-bond donors (Lipinski definition) is 1. The highest BCUT2D eigenvalue weighted by Gasteiger charge is 2.25. The van der Waals surface area contributed by atoms with Crippen LogP contribution in [-0.4, -0.2) is 47.3 Å². The molecule has 1 atom stereocenters. The van der Waals surface area contributed by atoms with Crippen LogP contribution in [0.15, 0.2) is 29.5 Å². The number of aliphatic imine (C=N–C) groups is 1. The van der Waals surface area contributed by atoms with E-state index in [9.17, 15) is 0 Å². The van der Waals surface area contributed by atoms with E-state index >= 15 is 0 Å². The molecule has 1 N–H and O–H groups in total. The Morgan fingerprint density at radius 1 is 1.57 bits per heavy atom. The third-order valence-corrected chi connectivity index (χ3v) is 3.91. The number of likely N-dealkylation sites (tertiary alicyclic amines) is 1. The van der Waals surface area contributed by atoms with Gasteiger partial charge in [-0.2, -0.15) is 5.10 Å². The van der Waals surface area contributed by atoms with Crippen molar-refractivity contribution in [2.24, 2.45) is 18.0 Å². The number of aromatic nitrogens is 2. The van der Waals surface area contributed by atoms with Crippen LogP contribution in [0.2, 0.25) is 0 Å². The van der Waals surface area contributed by atoms with Gasteiger partial charge in [-0.15, -0.1) is 0 Å². The number of nitrogens with one attached hydrogen (secondary N) is 1. The number of aryl methyl sites for hydroxylation is 1. The predicted octanol–water partition coefficient (Wildman–Crippen LogP) is 1.83. The summed E-state index contributed by atoms with van der Waals surface area (Å²) in [5.74, 6) is 1.73. The molecule has 0 aliphatic carbocycles. The lowest BCUT2D eigenvalue weighted by molar-refractivity contribution is 0.460. The van der Waals surface area contributed by atoms with Gasteiger partial charge in [-0.05, 0) is 37.7 Å². The topological polar surface area (TPSA) is 45.5 Å². The first kappa shape index (κ1) is 15.6. The Hall–Kier alpha value is -1.78. The summed E-state index contributed by atoms with van der Waals surface area (Å²) in [6.45, 7) is 5.17. The molecule has 0 bridgehead atoms. The van der Waals surface area contributed by atoms with E-state index in [2.05, 4.69) is 45.6 Å². The average Bonchev–Trinajstić information content (AvgIpc) is 3.09. The second-order valence-corrected chi connectivity index (χ2v) is 5.66. The average molecular weight is 289 g/mol. The van der Waals surface area contributed by atoms with Gasteiger partial charge in [0.15, 0.2) is 5.96 Å². The Balaban J connectivity index is 1.80. The summed E-state index contributed by atoms with van der Waals surface area (Å²) >= 11 is 0. The maximum absolute atomic E-state index is 4.40. The molecule has 1 aromatic heterocycles. The summed E-state index contributed by atoms with van der Waals surface area (Å²) in [5, 5.41) is 7.69. The van der Waals surface area contributed by atoms with Gasteiger partial charge in [-0.1, -0.05) is 12.2 Å². The normalized spacial score (nSPS) is 19.7. The Labute approximate surface area is 127 Å². The quantitative estimate of drug-likeness (QED) is 0.389. The Morgan fingerprint density at radius 2 is 2.43 bits per heavy atom. The predicted molar refractivity (Wildman–Crippen MR) is 87.4 cm³/mol. The van der Waals surface area contributed by atoms with E-state index in [-0.39, 0.29) is 0 Å². The van der Waals surface area contributed by atoms with Crippen LogP contribution in [0, 0.1) is 5.92 Å². The zero-order chi connectivity index (χ0) is 15.1. The maximum Gasteiger partial charge on any atom is 0.193 e. The zero-order valence-electron chi connectivity index (χ0n) is 13.4. The molecular weight excluding hydrogens is 262 g/mol. The first-order chi connectivity index (χ1) is 10.2. The Bertz CT molecular complexity index is 489. The third-order valence-electron chi connectivity index (χ3n) is 3.91. The molecule has 1 saturated heterocycles. The monoisotopic (exact) mass is 289 g/mol. The van der Waals surface area contributed by atoms with Crippen LogP contribution in [0.1, 0.15) is 25.3 Å². The fourth-order valence-corrected chi connectivity index (χ4v) is 2.87. The molecular formula is C16H27N5. The molecule has 0 spiro atoms. The van der Waals surface area contributed by atoms with Crippen LogP contribution in [-0.2, 0) is 13.5 Å². The SMILES string of the molecule is CC=CCCNC(=NC)N1CCC(Cc2cnn(C)c2)C1. The molecule has 2 heterocycles. The van der Waals surface area contributed by atoms with Crippen molar-refractivity contribution in [3.8, 4) is 0 Å². The number of hydrogen-bond acceptors (Lipinski definition) is 2. The van der Waals surface area contributed by atoms with Gasteiger partial charge in [0.05, 0.1) is 6.20 Å². The van der Waals surface area contributed by atoms with Crippen molar-refractivity contribution in [2.45, 2.75) is 26.2 Å². The second-order valence-electron chi connectivity index (χ2n) is 5.66. The number of nitrogens with zero attached hydrogens (tertiary/aromatic N) is 4. The zero-order valence-corrected chi connectivity index (χ0v) is 13.4. The lowest BCUT2D eigenvalue weighted by Crippen LogP contribution is -2.40. The van der Waals surface area contributed by atoms with Crippen LogP contribution >= 0.6 is 0 Å². The summed E-state index contributed by atoms with van der Waals surface area (Å²) in [6, 6.07) is 0. The van der Waals surface area contributed by atoms with Gasteiger partial charge in [0.2, 0.25) is 0 Å². The Kier molecular flexibility index (Phi) is 5.84. The lowest BCUT2D eigenvalue weighted by Gasteiger charge is -2.21. The highest BCUT2D eigenvalue weighted by molar-refractivity contribution is 5.80. The van der Waals surface area contributed by atoms with Crippen molar-refractivity contribution in [2.75, 3.05) is 26.7 Å². The first-order valence-electron chi connectivity index (χ1n) is 7.77. The van der Waals surface area contributed by atoms with Gasteiger partial charge >= 0.3 is 0 Å². The molecule has 0 saturated carbocycles. The summed E-state index contributed by atoms with van der Waals surface area (Å²) in [6.07, 6.45) is 11.7. The van der Waals surface area contributed by atoms with Crippen molar-refractivity contribution in [3.05, 3.63) is 30.1 Å². The summed E-state index contributed by atoms with van der Waals surface area (Å²) in [5.41, 5.74) is 1.33. The van der Waals surface area contributed by atoms with E-state index in [0.717, 1.165) is 38.4 Å². The van der Waals surface area contributed by atoms with E-state index in [1.807, 2.05) is 25.0 Å². The van der Waals surface area contributed by atoms with Crippen molar-refractivity contribution < 1.29 is 0 Å². The van der Waals surface area contributed by atoms with Crippen molar-refractivity contribution in [1.82, 2.24) is 20.0 Å². The molecule has 0 aromatic carbocycles. The first-order valence-corrected chi connectivity index (χ1v) is 7.77. The molecule has 21 heavy (non-hydrogen) atoms. The number of guanidine groups is 1. The van der Waals surface area contributed by atoms with Crippen LogP contribution in [0.5, 0.6) is 0 Å². The summed E-state index contributed by atoms with van der Waals surface area (Å²) in [7, 11) is 3.84. The molecule has 5 nitrogen and oxygen atoms in total. The lowest BCUT2D eigenvalue weighted by atomic mass is 10.0. The van der Waals surface area contributed by atoms with Crippen molar-refractivity contribution in [3.63, 3.8) is 0 Å². The van der Waals surface area contributed by atoms with Crippen LogP contribution in [0.25, 0.3) is 0 Å². The highest BCUT2D eigenvalue weighted by atomic mass is 15.3. The minimum absolute atomic E-state index is 0.697. The van der Waals surface area contributed by atoms with Crippen LogP contribution < -0.4 is 5.32 Å². The second kappa shape index (κ2) is 7.86. The molecule has 1 fully saturated rings. The van der Waals surface area contributed by atoms with Crippen molar-refractivity contribution >= 4 is 5.96 Å². The summed E-state index contributed by atoms with van der Waals surface area (Å²) < 4.78 is 1.88. The molecule has 2 rings (SSSR count). The standard InChI is InChI=1S/C16H27N5/c1-4-5-6-8-18-16(17-2)21-9-7-14(13-21)10-15-11-19-20(3)12-15/h4-5,11-12,14H,6-10,13H2,1-3H3,(H,17,18). The van der Waals surface area contributed by atoms with Gasteiger partial charge in [0.1, 0.15) is 0 Å². The molecule has 1 aliphatic rings. The van der Waals surface area contributed by atoms with E-state index in [1.165, 1.54) is 12.0 Å². The van der Waals surface area contributed by atoms with E-state index in [4.69, 9.17) is 0 Å². The highest BCUT2D eigenvalue weighted by Crippen LogP contribution is 2.20. The van der Waals surface area contributed by atoms with Crippen molar-refractivity contribution in [1.29, 1.82) is 0 Å². The maximum atomic E-state index is 4.40. The third kappa shape index (κ3) is 4.62. The minimum Gasteiger partial charge on any atom is -0.356 e. The molecule has 1 aromatic rings. The Morgan fingerprint density at radius 3 is 3.10 bits per heavy atom. The van der Waals surface area contributed by atoms with Gasteiger partial charge in [0.25, 0.3) is 0 Å². The minimum atomic E-state index is 0.697. The molecule has 0 radical (unpaired) electrons. The number of allylic oxidation sites excluding steroid dienone is 1. The van der Waals surface area contributed by atoms with Crippen LogP contribution in [0.3, 0.4) is 0 Å². The van der Waals surface area contributed by atoms with Gasteiger partial charge in [0, 0.05) is 39.9 Å². The fraction of sp³-hybridized carbons (Fsp3) is 0.625. The summed E-state index contributed by atoms with van der Waals surface area (Å²) in [4.78, 5) is 6.78. The van der Waals surface area contributed by atoms with E-state index in [1.54, 1.807) is 0 Å². The van der Waals surface area contributed by atoms with Gasteiger partial charge in [-0.25, -0.2) is 0 Å². The molecule has 1 unspecified atom stereocenters. The fourth-order valence-electron chi connectivity index (χ4n) is 2.87. The number of rotatable bonds is 5.